The molecular weight excluding hydrogens is 186 g/mol. The van der Waals surface area contributed by atoms with Crippen LogP contribution in [0.2, 0.25) is 0 Å². The minimum Gasteiger partial charge on any atom is -0.319 e. The van der Waals surface area contributed by atoms with E-state index in [0.29, 0.717) is 5.41 Å². The molecule has 1 aromatic heterocycles. The van der Waals surface area contributed by atoms with Crippen molar-refractivity contribution >= 4 is 0 Å². The number of rotatable bonds is 6. The summed E-state index contributed by atoms with van der Waals surface area (Å²) in [6.45, 7) is 5.63. The fourth-order valence-corrected chi connectivity index (χ4v) is 2.26. The highest BCUT2D eigenvalue weighted by Gasteiger charge is 2.23. The minimum absolute atomic E-state index is 0.331. The zero-order valence-electron chi connectivity index (χ0n) is 10.4. The van der Waals surface area contributed by atoms with Crippen LogP contribution in [0.25, 0.3) is 0 Å². The lowest BCUT2D eigenvalue weighted by Gasteiger charge is -2.28. The number of hydrogen-bond donors (Lipinski definition) is 1. The van der Waals surface area contributed by atoms with Gasteiger partial charge in [0.2, 0.25) is 0 Å². The molecule has 1 aromatic rings. The molecule has 0 spiro atoms. The zero-order chi connectivity index (χ0) is 11.3. The summed E-state index contributed by atoms with van der Waals surface area (Å²) in [6, 6.07) is 2.11. The maximum absolute atomic E-state index is 4.45. The molecule has 1 rings (SSSR count). The van der Waals surface area contributed by atoms with Crippen LogP contribution < -0.4 is 5.32 Å². The predicted molar refractivity (Wildman–Crippen MR) is 63.9 cm³/mol. The summed E-state index contributed by atoms with van der Waals surface area (Å²) >= 11 is 0. The fourth-order valence-electron chi connectivity index (χ4n) is 2.26. The predicted octanol–water partition coefficient (Wildman–Crippen LogP) is 1.99. The van der Waals surface area contributed by atoms with E-state index in [4.69, 9.17) is 0 Å². The quantitative estimate of drug-likeness (QED) is 0.776. The standard InChI is InChI=1S/C12H23N3/c1-5-7-12(2,10-13-3)9-11-6-8-15(4)14-11/h6,8,13H,5,7,9-10H2,1-4H3. The third-order valence-electron chi connectivity index (χ3n) is 2.83. The Morgan fingerprint density at radius 2 is 2.27 bits per heavy atom. The third kappa shape index (κ3) is 3.67. The zero-order valence-corrected chi connectivity index (χ0v) is 10.4. The highest BCUT2D eigenvalue weighted by atomic mass is 15.2. The largest absolute Gasteiger partial charge is 0.319 e. The van der Waals surface area contributed by atoms with Gasteiger partial charge in [0.25, 0.3) is 0 Å². The maximum Gasteiger partial charge on any atom is 0.0630 e. The summed E-state index contributed by atoms with van der Waals surface area (Å²) in [6.07, 6.45) is 5.54. The van der Waals surface area contributed by atoms with Crippen molar-refractivity contribution in [3.63, 3.8) is 0 Å². The lowest BCUT2D eigenvalue weighted by Crippen LogP contribution is -2.31. The molecule has 15 heavy (non-hydrogen) atoms. The smallest absolute Gasteiger partial charge is 0.0630 e. The second-order valence-electron chi connectivity index (χ2n) is 4.75. The van der Waals surface area contributed by atoms with Crippen LogP contribution in [0.5, 0.6) is 0 Å². The number of hydrogen-bond acceptors (Lipinski definition) is 2. The molecule has 86 valence electrons. The van der Waals surface area contributed by atoms with Gasteiger partial charge in [0, 0.05) is 19.8 Å². The number of nitrogens with zero attached hydrogens (tertiary/aromatic N) is 2. The molecule has 0 aromatic carbocycles. The van der Waals surface area contributed by atoms with E-state index < -0.39 is 0 Å². The molecule has 0 saturated carbocycles. The van der Waals surface area contributed by atoms with Crippen molar-refractivity contribution in [1.29, 1.82) is 0 Å². The van der Waals surface area contributed by atoms with Crippen LogP contribution in [0.3, 0.4) is 0 Å². The average Bonchev–Trinajstić information content (AvgIpc) is 2.51. The van der Waals surface area contributed by atoms with Crippen LogP contribution in [0.1, 0.15) is 32.4 Å². The molecule has 3 heteroatoms. The minimum atomic E-state index is 0.331. The van der Waals surface area contributed by atoms with Gasteiger partial charge in [0.1, 0.15) is 0 Å². The summed E-state index contributed by atoms with van der Waals surface area (Å²) in [4.78, 5) is 0. The van der Waals surface area contributed by atoms with Crippen molar-refractivity contribution in [3.05, 3.63) is 18.0 Å². The molecule has 0 aliphatic rings. The molecule has 3 nitrogen and oxygen atoms in total. The third-order valence-corrected chi connectivity index (χ3v) is 2.83. The monoisotopic (exact) mass is 209 g/mol. The van der Waals surface area contributed by atoms with Crippen molar-refractivity contribution in [2.24, 2.45) is 12.5 Å². The molecule has 0 amide bonds. The van der Waals surface area contributed by atoms with Gasteiger partial charge in [-0.25, -0.2) is 0 Å². The Hall–Kier alpha value is -0.830. The number of aryl methyl sites for hydroxylation is 1. The van der Waals surface area contributed by atoms with Crippen molar-refractivity contribution in [2.45, 2.75) is 33.1 Å². The van der Waals surface area contributed by atoms with Gasteiger partial charge in [0.05, 0.1) is 5.69 Å². The van der Waals surface area contributed by atoms with E-state index in [1.54, 1.807) is 0 Å². The molecule has 0 fully saturated rings. The van der Waals surface area contributed by atoms with E-state index >= 15 is 0 Å². The Balaban J connectivity index is 2.65. The molecule has 1 N–H and O–H groups in total. The normalized spacial score (nSPS) is 15.2. The van der Waals surface area contributed by atoms with E-state index in [1.807, 2.05) is 25.0 Å². The first-order chi connectivity index (χ1) is 7.09. The van der Waals surface area contributed by atoms with Gasteiger partial charge in [-0.05, 0) is 31.4 Å². The average molecular weight is 209 g/mol. The van der Waals surface area contributed by atoms with Gasteiger partial charge in [-0.15, -0.1) is 0 Å². The van der Waals surface area contributed by atoms with Gasteiger partial charge in [-0.3, -0.25) is 4.68 Å². The van der Waals surface area contributed by atoms with Crippen molar-refractivity contribution in [2.75, 3.05) is 13.6 Å². The lowest BCUT2D eigenvalue weighted by molar-refractivity contribution is 0.279. The van der Waals surface area contributed by atoms with Crippen LogP contribution in [-0.2, 0) is 13.5 Å². The van der Waals surface area contributed by atoms with Gasteiger partial charge < -0.3 is 5.32 Å². The molecule has 0 aliphatic heterocycles. The lowest BCUT2D eigenvalue weighted by atomic mass is 9.81. The van der Waals surface area contributed by atoms with Crippen molar-refractivity contribution < 1.29 is 0 Å². The molecule has 0 bridgehead atoms. The SMILES string of the molecule is CCCC(C)(CNC)Cc1ccn(C)n1. The van der Waals surface area contributed by atoms with E-state index in [9.17, 15) is 0 Å². The Kier molecular flexibility index (Phi) is 4.33. The topological polar surface area (TPSA) is 29.9 Å². The Bertz CT molecular complexity index is 285. The molecule has 0 aliphatic carbocycles. The van der Waals surface area contributed by atoms with Crippen LogP contribution in [-0.4, -0.2) is 23.4 Å². The van der Waals surface area contributed by atoms with Crippen LogP contribution in [0, 0.1) is 5.41 Å². The molecule has 1 atom stereocenters. The first-order valence-electron chi connectivity index (χ1n) is 5.73. The summed E-state index contributed by atoms with van der Waals surface area (Å²) in [7, 11) is 3.99. The summed E-state index contributed by atoms with van der Waals surface area (Å²) in [5, 5.41) is 7.73. The van der Waals surface area contributed by atoms with Gasteiger partial charge in [-0.2, -0.15) is 5.10 Å². The summed E-state index contributed by atoms with van der Waals surface area (Å²) in [5.41, 5.74) is 1.53. The van der Waals surface area contributed by atoms with E-state index in [0.717, 1.165) is 13.0 Å². The fraction of sp³-hybridized carbons (Fsp3) is 0.750. The second kappa shape index (κ2) is 5.31. The molecule has 0 saturated heterocycles. The van der Waals surface area contributed by atoms with E-state index in [-0.39, 0.29) is 0 Å². The Morgan fingerprint density at radius 3 is 2.73 bits per heavy atom. The van der Waals surface area contributed by atoms with Gasteiger partial charge in [-0.1, -0.05) is 20.3 Å². The molecule has 1 heterocycles. The van der Waals surface area contributed by atoms with Crippen LogP contribution >= 0.6 is 0 Å². The van der Waals surface area contributed by atoms with Crippen molar-refractivity contribution in [1.82, 2.24) is 15.1 Å². The first-order valence-corrected chi connectivity index (χ1v) is 5.73. The molecule has 0 radical (unpaired) electrons. The van der Waals surface area contributed by atoms with Crippen molar-refractivity contribution in [3.8, 4) is 0 Å². The van der Waals surface area contributed by atoms with Gasteiger partial charge in [0.15, 0.2) is 0 Å². The summed E-state index contributed by atoms with van der Waals surface area (Å²) < 4.78 is 1.88. The highest BCUT2D eigenvalue weighted by Crippen LogP contribution is 2.26. The first kappa shape index (κ1) is 12.2. The van der Waals surface area contributed by atoms with E-state index in [2.05, 4.69) is 30.3 Å². The molecular formula is C12H23N3. The van der Waals surface area contributed by atoms with E-state index in [1.165, 1.54) is 18.5 Å². The number of nitrogens with one attached hydrogen (secondary N) is 1. The molecule has 1 unspecified atom stereocenters. The Labute approximate surface area is 92.9 Å². The second-order valence-corrected chi connectivity index (χ2v) is 4.75. The Morgan fingerprint density at radius 1 is 1.53 bits per heavy atom. The highest BCUT2D eigenvalue weighted by molar-refractivity contribution is 5.02. The van der Waals surface area contributed by atoms with Crippen LogP contribution in [0.15, 0.2) is 12.3 Å². The van der Waals surface area contributed by atoms with Gasteiger partial charge >= 0.3 is 0 Å². The summed E-state index contributed by atoms with van der Waals surface area (Å²) in [5.74, 6) is 0. The number of aromatic nitrogens is 2. The maximum atomic E-state index is 4.45. The van der Waals surface area contributed by atoms with Crippen LogP contribution in [0.4, 0.5) is 0 Å².